The molecule has 1 amide bonds. The molecule has 1 aliphatic carbocycles. The molecular weight excluding hydrogens is 534 g/mol. The van der Waals surface area contributed by atoms with E-state index in [1.807, 2.05) is 18.2 Å². The second kappa shape index (κ2) is 12.7. The largest absolute Gasteiger partial charge is 0.496 e. The van der Waals surface area contributed by atoms with Crippen LogP contribution in [0.2, 0.25) is 0 Å². The lowest BCUT2D eigenvalue weighted by atomic mass is 9.91. The van der Waals surface area contributed by atoms with Crippen molar-refractivity contribution >= 4 is 34.5 Å². The van der Waals surface area contributed by atoms with Gasteiger partial charge < -0.3 is 24.8 Å². The highest BCUT2D eigenvalue weighted by Gasteiger charge is 2.61. The van der Waals surface area contributed by atoms with Crippen molar-refractivity contribution in [1.29, 1.82) is 0 Å². The smallest absolute Gasteiger partial charge is 0.313 e. The van der Waals surface area contributed by atoms with E-state index in [1.54, 1.807) is 31.2 Å². The summed E-state index contributed by atoms with van der Waals surface area (Å²) in [5.41, 5.74) is 6.30. The van der Waals surface area contributed by atoms with Gasteiger partial charge in [0, 0.05) is 30.0 Å². The fraction of sp³-hybridized carbons (Fsp3) is 0.515. The van der Waals surface area contributed by atoms with E-state index in [-0.39, 0.29) is 43.2 Å². The molecule has 0 bridgehead atoms. The number of nitrogens with two attached hydrogens (primary N) is 1. The Morgan fingerprint density at radius 1 is 1.26 bits per heavy atom. The lowest BCUT2D eigenvalue weighted by Crippen LogP contribution is -2.49. The number of hydrogen-bond acceptors (Lipinski definition) is 8. The normalized spacial score (nSPS) is 29.1. The minimum Gasteiger partial charge on any atom is -0.496 e. The number of pyridine rings is 1. The van der Waals surface area contributed by atoms with Crippen LogP contribution in [-0.2, 0) is 19.1 Å². The van der Waals surface area contributed by atoms with E-state index < -0.39 is 23.6 Å². The van der Waals surface area contributed by atoms with Crippen LogP contribution in [0.3, 0.4) is 0 Å². The van der Waals surface area contributed by atoms with Crippen molar-refractivity contribution in [2.45, 2.75) is 76.5 Å². The third-order valence-electron chi connectivity index (χ3n) is 8.87. The van der Waals surface area contributed by atoms with Gasteiger partial charge in [0.15, 0.2) is 5.78 Å². The van der Waals surface area contributed by atoms with Crippen LogP contribution in [0.25, 0.3) is 16.8 Å². The van der Waals surface area contributed by atoms with Crippen LogP contribution in [-0.4, -0.2) is 66.0 Å². The van der Waals surface area contributed by atoms with Gasteiger partial charge in [-0.15, -0.1) is 0 Å². The Bertz CT molecular complexity index is 1390. The number of hydrogen-bond donors (Lipinski definition) is 1. The van der Waals surface area contributed by atoms with E-state index in [0.29, 0.717) is 30.9 Å². The Kier molecular flexibility index (Phi) is 8.96. The van der Waals surface area contributed by atoms with E-state index in [4.69, 9.17) is 19.9 Å². The molecule has 9 heteroatoms. The topological polar surface area (TPSA) is 121 Å². The van der Waals surface area contributed by atoms with Gasteiger partial charge in [-0.25, -0.2) is 4.98 Å². The molecule has 0 spiro atoms. The van der Waals surface area contributed by atoms with Crippen molar-refractivity contribution in [2.24, 2.45) is 17.1 Å². The predicted molar refractivity (Wildman–Crippen MR) is 160 cm³/mol. The summed E-state index contributed by atoms with van der Waals surface area (Å²) in [6.45, 7) is 6.11. The summed E-state index contributed by atoms with van der Waals surface area (Å²) in [5, 5.41) is 1.66. The van der Waals surface area contributed by atoms with Gasteiger partial charge in [0.05, 0.1) is 37.8 Å². The highest BCUT2D eigenvalue weighted by atomic mass is 16.5. The third kappa shape index (κ3) is 5.93. The summed E-state index contributed by atoms with van der Waals surface area (Å²) < 4.78 is 17.3. The van der Waals surface area contributed by atoms with Crippen molar-refractivity contribution < 1.29 is 28.6 Å². The Balaban J connectivity index is 1.43. The second-order valence-corrected chi connectivity index (χ2v) is 11.6. The quantitative estimate of drug-likeness (QED) is 0.392. The Labute approximate surface area is 247 Å². The minimum atomic E-state index is -0.878. The number of carbonyl (C=O) groups excluding carboxylic acids is 3. The summed E-state index contributed by atoms with van der Waals surface area (Å²) in [4.78, 5) is 46.7. The summed E-state index contributed by atoms with van der Waals surface area (Å²) in [6, 6.07) is 4.24. The van der Waals surface area contributed by atoms with E-state index in [9.17, 15) is 14.4 Å². The number of ether oxygens (including phenoxy) is 3. The lowest BCUT2D eigenvalue weighted by molar-refractivity contribution is -0.152. The highest BCUT2D eigenvalue weighted by molar-refractivity contribution is 5.96. The van der Waals surface area contributed by atoms with Crippen molar-refractivity contribution in [2.75, 3.05) is 20.3 Å². The van der Waals surface area contributed by atoms with Gasteiger partial charge in [-0.05, 0) is 62.1 Å². The summed E-state index contributed by atoms with van der Waals surface area (Å²) in [7, 11) is 1.61. The maximum Gasteiger partial charge on any atom is 0.313 e. The zero-order chi connectivity index (χ0) is 29.9. The number of esters is 1. The van der Waals surface area contributed by atoms with Gasteiger partial charge in [-0.3, -0.25) is 14.4 Å². The first-order chi connectivity index (χ1) is 20.3. The number of methoxy groups -OCH3 is 1. The molecule has 0 radical (unpaired) electrons. The Hall–Kier alpha value is -3.72. The molecule has 3 heterocycles. The summed E-state index contributed by atoms with van der Waals surface area (Å²) in [6.07, 6.45) is 12.2. The molecule has 2 aliphatic heterocycles. The van der Waals surface area contributed by atoms with Crippen LogP contribution in [0.4, 0.5) is 0 Å². The van der Waals surface area contributed by atoms with Crippen molar-refractivity contribution in [3.8, 4) is 11.6 Å². The summed E-state index contributed by atoms with van der Waals surface area (Å²) >= 11 is 0. The van der Waals surface area contributed by atoms with E-state index in [2.05, 4.69) is 23.7 Å². The molecule has 1 aromatic carbocycles. The van der Waals surface area contributed by atoms with Crippen LogP contribution in [0.15, 0.2) is 43.1 Å². The number of allylic oxidation sites excluding steroid dienone is 2. The third-order valence-corrected chi connectivity index (χ3v) is 8.87. The molecule has 2 fully saturated rings. The van der Waals surface area contributed by atoms with Gasteiger partial charge in [0.2, 0.25) is 11.8 Å². The molecular formula is C33H41N3O6. The van der Waals surface area contributed by atoms with Crippen molar-refractivity contribution in [3.05, 3.63) is 48.7 Å². The first-order valence-electron chi connectivity index (χ1n) is 15.0. The second-order valence-electron chi connectivity index (χ2n) is 11.6. The number of carbonyl (C=O) groups is 3. The maximum atomic E-state index is 13.9. The number of rotatable bonds is 6. The van der Waals surface area contributed by atoms with Crippen molar-refractivity contribution in [3.63, 3.8) is 0 Å². The molecule has 3 aliphatic rings. The molecule has 9 nitrogen and oxygen atoms in total. The zero-order valence-corrected chi connectivity index (χ0v) is 24.6. The Morgan fingerprint density at radius 3 is 2.86 bits per heavy atom. The number of amides is 1. The number of ketones is 1. The highest BCUT2D eigenvalue weighted by Crippen LogP contribution is 2.57. The fourth-order valence-electron chi connectivity index (χ4n) is 6.41. The number of fused-ring (bicyclic) bond motifs is 3. The van der Waals surface area contributed by atoms with Crippen LogP contribution >= 0.6 is 0 Å². The average molecular weight is 576 g/mol. The molecule has 5 atom stereocenters. The monoisotopic (exact) mass is 575 g/mol. The fourth-order valence-corrected chi connectivity index (χ4v) is 6.41. The molecule has 2 aromatic rings. The molecule has 1 saturated heterocycles. The molecule has 1 aromatic heterocycles. The molecule has 2 N–H and O–H groups in total. The van der Waals surface area contributed by atoms with Gasteiger partial charge in [-0.1, -0.05) is 37.6 Å². The Morgan fingerprint density at radius 2 is 2.10 bits per heavy atom. The molecule has 42 heavy (non-hydrogen) atoms. The molecule has 0 unspecified atom stereocenters. The van der Waals surface area contributed by atoms with Crippen LogP contribution in [0.5, 0.6) is 11.6 Å². The predicted octanol–water partition coefficient (Wildman–Crippen LogP) is 4.61. The first kappa shape index (κ1) is 29.8. The first-order valence-corrected chi connectivity index (χ1v) is 15.0. The van der Waals surface area contributed by atoms with Crippen LogP contribution in [0.1, 0.15) is 63.9 Å². The van der Waals surface area contributed by atoms with Gasteiger partial charge >= 0.3 is 5.97 Å². The van der Waals surface area contributed by atoms with Gasteiger partial charge in [-0.2, -0.15) is 0 Å². The molecule has 224 valence electrons. The van der Waals surface area contributed by atoms with E-state index in [1.165, 1.54) is 0 Å². The molecule has 5 rings (SSSR count). The minimum absolute atomic E-state index is 0.0201. The van der Waals surface area contributed by atoms with Crippen LogP contribution < -0.4 is 15.2 Å². The standard InChI is InChI=1S/C33H41N3O6/c1-4-21-15-25-22(16-29(21)40-3)13-14-35-30(25)42-24-17-27-28(37)19-33(32(39)41-5-2)18-23(33)11-9-7-6-8-10-12-26(34)31(38)36(27)20-24/h4,9,11,13-16,23-24,26-27H,1,5-8,10,12,17-20,34H2,2-3H3/b11-9-/t23-,24-,26+,27+,33-/m1/s1. The number of benzene rings is 1. The van der Waals surface area contributed by atoms with Crippen LogP contribution in [0, 0.1) is 11.3 Å². The van der Waals surface area contributed by atoms with Gasteiger partial charge in [0.25, 0.3) is 0 Å². The molecule has 1 saturated carbocycles. The number of aromatic nitrogens is 1. The number of nitrogens with zero attached hydrogens (tertiary/aromatic N) is 2. The maximum absolute atomic E-state index is 13.9. The van der Waals surface area contributed by atoms with Gasteiger partial charge in [0.1, 0.15) is 11.9 Å². The summed E-state index contributed by atoms with van der Waals surface area (Å²) in [5.74, 6) is 0.299. The zero-order valence-electron chi connectivity index (χ0n) is 24.6. The average Bonchev–Trinajstić information content (AvgIpc) is 3.52. The lowest BCUT2D eigenvalue weighted by Gasteiger charge is -2.27. The van der Waals surface area contributed by atoms with E-state index in [0.717, 1.165) is 42.0 Å². The van der Waals surface area contributed by atoms with Crippen molar-refractivity contribution in [1.82, 2.24) is 9.88 Å². The SMILES string of the molecule is C=Cc1cc2c(O[C@@H]3C[C@H]4C(=O)C[C@]5(C(=O)OCC)C[C@H]5/C=C\CCCCC[C@H](N)C(=O)N4C3)nccc2cc1OC. The number of Topliss-reactive ketones (excluding diaryl/α,β-unsaturated/α-hetero) is 1. The van der Waals surface area contributed by atoms with E-state index >= 15 is 0 Å².